The smallest absolute Gasteiger partial charge is 0.130 e. The van der Waals surface area contributed by atoms with E-state index in [0.717, 1.165) is 22.6 Å². The van der Waals surface area contributed by atoms with E-state index in [1.807, 2.05) is 0 Å². The Morgan fingerprint density at radius 2 is 1.86 bits per heavy atom. The predicted molar refractivity (Wildman–Crippen MR) is 91.7 cm³/mol. The molecule has 1 aromatic heterocycles. The summed E-state index contributed by atoms with van der Waals surface area (Å²) < 4.78 is 8.60. The molecule has 21 heavy (non-hydrogen) atoms. The van der Waals surface area contributed by atoms with Crippen molar-refractivity contribution in [3.63, 3.8) is 0 Å². The minimum Gasteiger partial charge on any atom is -0.379 e. The highest BCUT2D eigenvalue weighted by Gasteiger charge is 2.23. The molecule has 1 aliphatic rings. The number of benzene rings is 1. The van der Waals surface area contributed by atoms with Gasteiger partial charge in [0, 0.05) is 6.04 Å². The Morgan fingerprint density at radius 1 is 1.14 bits per heavy atom. The van der Waals surface area contributed by atoms with Crippen LogP contribution in [0.3, 0.4) is 0 Å². The second-order valence-corrected chi connectivity index (χ2v) is 7.17. The monoisotopic (exact) mass is 343 g/mol. The van der Waals surface area contributed by atoms with Gasteiger partial charge in [-0.2, -0.15) is 8.75 Å². The third kappa shape index (κ3) is 3.27. The summed E-state index contributed by atoms with van der Waals surface area (Å²) in [6.45, 7) is 2.27. The van der Waals surface area contributed by atoms with Crippen molar-refractivity contribution in [1.29, 1.82) is 0 Å². The lowest BCUT2D eigenvalue weighted by molar-refractivity contribution is 0.319. The van der Waals surface area contributed by atoms with Crippen molar-refractivity contribution in [2.24, 2.45) is 5.92 Å². The van der Waals surface area contributed by atoms with Gasteiger partial charge >= 0.3 is 0 Å². The Labute approximate surface area is 139 Å². The van der Waals surface area contributed by atoms with Crippen molar-refractivity contribution in [3.8, 4) is 0 Å². The molecule has 1 aromatic carbocycles. The van der Waals surface area contributed by atoms with E-state index < -0.39 is 0 Å². The molecule has 0 spiro atoms. The van der Waals surface area contributed by atoms with Crippen LogP contribution in [-0.2, 0) is 0 Å². The van der Waals surface area contributed by atoms with Gasteiger partial charge in [-0.05, 0) is 37.7 Å². The lowest BCUT2D eigenvalue weighted by Crippen LogP contribution is -2.26. The van der Waals surface area contributed by atoms with Crippen LogP contribution >= 0.6 is 34.9 Å². The van der Waals surface area contributed by atoms with Crippen LogP contribution in [0.15, 0.2) is 6.07 Å². The molecular formula is C15H19Cl2N3S. The molecule has 0 radical (unpaired) electrons. The quantitative estimate of drug-likeness (QED) is 0.765. The van der Waals surface area contributed by atoms with E-state index >= 15 is 0 Å². The molecule has 0 aliphatic heterocycles. The van der Waals surface area contributed by atoms with Crippen LogP contribution in [0, 0.1) is 5.92 Å². The highest BCUT2D eigenvalue weighted by atomic mass is 35.5. The Morgan fingerprint density at radius 3 is 2.57 bits per heavy atom. The van der Waals surface area contributed by atoms with E-state index in [1.54, 1.807) is 6.07 Å². The SMILES string of the molecule is CCCC1CCC(Nc2c(Cl)cc(Cl)c3nsnc23)CC1. The lowest BCUT2D eigenvalue weighted by Gasteiger charge is -2.30. The third-order valence-corrected chi connectivity index (χ3v) is 5.45. The van der Waals surface area contributed by atoms with Crippen LogP contribution in [-0.4, -0.2) is 14.8 Å². The zero-order valence-corrected chi connectivity index (χ0v) is 14.4. The van der Waals surface area contributed by atoms with Gasteiger partial charge in [0.15, 0.2) is 0 Å². The van der Waals surface area contributed by atoms with Gasteiger partial charge in [-0.25, -0.2) is 0 Å². The third-order valence-electron chi connectivity index (χ3n) is 4.34. The van der Waals surface area contributed by atoms with Crippen molar-refractivity contribution in [1.82, 2.24) is 8.75 Å². The fourth-order valence-corrected chi connectivity index (χ4v) is 4.39. The van der Waals surface area contributed by atoms with E-state index in [9.17, 15) is 0 Å². The van der Waals surface area contributed by atoms with Crippen LogP contribution in [0.5, 0.6) is 0 Å². The maximum atomic E-state index is 6.35. The van der Waals surface area contributed by atoms with Crippen LogP contribution in [0.1, 0.15) is 45.4 Å². The fraction of sp³-hybridized carbons (Fsp3) is 0.600. The van der Waals surface area contributed by atoms with Crippen molar-refractivity contribution in [2.75, 3.05) is 5.32 Å². The van der Waals surface area contributed by atoms with E-state index in [0.29, 0.717) is 16.1 Å². The van der Waals surface area contributed by atoms with E-state index in [-0.39, 0.29) is 0 Å². The molecule has 114 valence electrons. The normalized spacial score (nSPS) is 22.6. The average Bonchev–Trinajstić information content (AvgIpc) is 2.95. The van der Waals surface area contributed by atoms with Crippen molar-refractivity contribution in [3.05, 3.63) is 16.1 Å². The second kappa shape index (κ2) is 6.67. The zero-order chi connectivity index (χ0) is 14.8. The summed E-state index contributed by atoms with van der Waals surface area (Å²) in [7, 11) is 0. The van der Waals surface area contributed by atoms with E-state index in [4.69, 9.17) is 23.2 Å². The Balaban J connectivity index is 1.75. The molecule has 0 saturated heterocycles. The molecule has 1 fully saturated rings. The first kappa shape index (κ1) is 15.3. The first-order valence-electron chi connectivity index (χ1n) is 7.55. The van der Waals surface area contributed by atoms with Crippen molar-refractivity contribution < 1.29 is 0 Å². The summed E-state index contributed by atoms with van der Waals surface area (Å²) in [4.78, 5) is 0. The first-order valence-corrected chi connectivity index (χ1v) is 9.04. The molecule has 6 heteroatoms. The van der Waals surface area contributed by atoms with E-state index in [1.165, 1.54) is 50.3 Å². The molecule has 3 nitrogen and oxygen atoms in total. The van der Waals surface area contributed by atoms with Crippen LogP contribution < -0.4 is 5.32 Å². The summed E-state index contributed by atoms with van der Waals surface area (Å²) in [5.41, 5.74) is 2.44. The van der Waals surface area contributed by atoms with Crippen LogP contribution in [0.25, 0.3) is 11.0 Å². The van der Waals surface area contributed by atoms with Crippen molar-refractivity contribution >= 4 is 51.7 Å². The summed E-state index contributed by atoms with van der Waals surface area (Å²) in [6, 6.07) is 2.24. The maximum Gasteiger partial charge on any atom is 0.130 e. The number of hydrogen-bond donors (Lipinski definition) is 1. The van der Waals surface area contributed by atoms with Crippen LogP contribution in [0.2, 0.25) is 10.0 Å². The molecule has 0 unspecified atom stereocenters. The summed E-state index contributed by atoms with van der Waals surface area (Å²) in [6.07, 6.45) is 7.64. The van der Waals surface area contributed by atoms with E-state index in [2.05, 4.69) is 21.0 Å². The average molecular weight is 344 g/mol. The Kier molecular flexibility index (Phi) is 4.87. The number of nitrogens with one attached hydrogen (secondary N) is 1. The molecular weight excluding hydrogens is 325 g/mol. The highest BCUT2D eigenvalue weighted by Crippen LogP contribution is 2.37. The number of nitrogens with zero attached hydrogens (tertiary/aromatic N) is 2. The van der Waals surface area contributed by atoms with Gasteiger partial charge in [0.25, 0.3) is 0 Å². The number of aromatic nitrogens is 2. The molecule has 0 bridgehead atoms. The van der Waals surface area contributed by atoms with Gasteiger partial charge in [-0.15, -0.1) is 0 Å². The molecule has 1 saturated carbocycles. The Hall–Kier alpha value is -0.580. The largest absolute Gasteiger partial charge is 0.379 e. The van der Waals surface area contributed by atoms with Gasteiger partial charge in [-0.1, -0.05) is 43.0 Å². The first-order chi connectivity index (χ1) is 10.2. The molecule has 2 aromatic rings. The molecule has 1 N–H and O–H groups in total. The molecule has 1 heterocycles. The van der Waals surface area contributed by atoms with Gasteiger partial charge in [0.2, 0.25) is 0 Å². The van der Waals surface area contributed by atoms with Gasteiger partial charge in [0.05, 0.1) is 27.5 Å². The number of halogens is 2. The minimum absolute atomic E-state index is 0.474. The Bertz CT molecular complexity index is 621. The number of anilines is 1. The topological polar surface area (TPSA) is 37.8 Å². The summed E-state index contributed by atoms with van der Waals surface area (Å²) in [5.74, 6) is 0.898. The van der Waals surface area contributed by atoms with Gasteiger partial charge < -0.3 is 5.32 Å². The van der Waals surface area contributed by atoms with Gasteiger partial charge in [0.1, 0.15) is 11.0 Å². The molecule has 0 amide bonds. The highest BCUT2D eigenvalue weighted by molar-refractivity contribution is 7.00. The van der Waals surface area contributed by atoms with Crippen molar-refractivity contribution in [2.45, 2.75) is 51.5 Å². The predicted octanol–water partition coefficient (Wildman–Crippen LogP) is 5.77. The van der Waals surface area contributed by atoms with Crippen LogP contribution in [0.4, 0.5) is 5.69 Å². The zero-order valence-electron chi connectivity index (χ0n) is 12.0. The number of rotatable bonds is 4. The number of hydrogen-bond acceptors (Lipinski definition) is 4. The van der Waals surface area contributed by atoms with Gasteiger partial charge in [-0.3, -0.25) is 0 Å². The fourth-order valence-electron chi connectivity index (χ4n) is 3.22. The summed E-state index contributed by atoms with van der Waals surface area (Å²) >= 11 is 13.7. The molecule has 1 aliphatic carbocycles. The number of fused-ring (bicyclic) bond motifs is 1. The maximum absolute atomic E-state index is 6.35. The summed E-state index contributed by atoms with van der Waals surface area (Å²) in [5, 5.41) is 4.79. The minimum atomic E-state index is 0.474. The molecule has 0 atom stereocenters. The molecule has 3 rings (SSSR count). The standard InChI is InChI=1S/C15H19Cl2N3S/c1-2-3-9-4-6-10(7-5-9)18-13-11(16)8-12(17)14-15(13)20-21-19-14/h8-10,18H,2-7H2,1H3. The lowest BCUT2D eigenvalue weighted by atomic mass is 9.83. The second-order valence-electron chi connectivity index (χ2n) is 5.83.